The molecule has 0 radical (unpaired) electrons. The number of carbonyl (C=O) groups is 1. The van der Waals surface area contributed by atoms with Gasteiger partial charge >= 0.3 is 5.97 Å². The molecule has 2 saturated carbocycles. The molecule has 0 amide bonds. The molecular weight excluding hydrogens is 152 g/mol. The van der Waals surface area contributed by atoms with Crippen LogP contribution in [0, 0.1) is 17.8 Å². The fourth-order valence-corrected chi connectivity index (χ4v) is 2.45. The molecule has 0 heterocycles. The van der Waals surface area contributed by atoms with Crippen molar-refractivity contribution in [1.82, 2.24) is 0 Å². The Morgan fingerprint density at radius 1 is 1.08 bits per heavy atom. The van der Waals surface area contributed by atoms with Crippen LogP contribution >= 0.6 is 0 Å². The lowest BCUT2D eigenvalue weighted by Gasteiger charge is -2.14. The van der Waals surface area contributed by atoms with Crippen LogP contribution < -0.4 is 0 Å². The van der Waals surface area contributed by atoms with Gasteiger partial charge in [-0.3, -0.25) is 4.79 Å². The van der Waals surface area contributed by atoms with E-state index < -0.39 is 5.97 Å². The van der Waals surface area contributed by atoms with Crippen molar-refractivity contribution < 1.29 is 9.90 Å². The maximum absolute atomic E-state index is 10.7. The van der Waals surface area contributed by atoms with Gasteiger partial charge in [0.05, 0.1) is 5.92 Å². The topological polar surface area (TPSA) is 37.3 Å². The van der Waals surface area contributed by atoms with Crippen LogP contribution in [0.15, 0.2) is 0 Å². The Labute approximate surface area is 73.0 Å². The van der Waals surface area contributed by atoms with Crippen molar-refractivity contribution in [1.29, 1.82) is 0 Å². The number of carboxylic acid groups (broad SMARTS) is 1. The van der Waals surface area contributed by atoms with Crippen LogP contribution in [-0.2, 0) is 4.79 Å². The lowest BCUT2D eigenvalue weighted by molar-refractivity contribution is -0.142. The van der Waals surface area contributed by atoms with E-state index in [9.17, 15) is 4.79 Å². The molecule has 0 aromatic heterocycles. The van der Waals surface area contributed by atoms with Gasteiger partial charge in [-0.05, 0) is 37.5 Å². The van der Waals surface area contributed by atoms with Gasteiger partial charge in [-0.2, -0.15) is 0 Å². The molecule has 0 aliphatic heterocycles. The largest absolute Gasteiger partial charge is 0.481 e. The molecular formula is C10H16O2. The minimum absolute atomic E-state index is 0.0356. The molecule has 2 rings (SSSR count). The van der Waals surface area contributed by atoms with Crippen LogP contribution in [0.5, 0.6) is 0 Å². The highest BCUT2D eigenvalue weighted by atomic mass is 16.4. The highest BCUT2D eigenvalue weighted by Crippen LogP contribution is 2.47. The standard InChI is InChI=1S/C10H16O2/c11-10(12)7-2-1-3-8-6-9(8)5-4-7/h7-9H,1-6H2,(H,11,12). The lowest BCUT2D eigenvalue weighted by atomic mass is 9.91. The zero-order valence-corrected chi connectivity index (χ0v) is 7.33. The minimum atomic E-state index is -0.575. The van der Waals surface area contributed by atoms with Crippen molar-refractivity contribution in [2.45, 2.75) is 38.5 Å². The first-order valence-corrected chi connectivity index (χ1v) is 5.00. The quantitative estimate of drug-likeness (QED) is 0.652. The summed E-state index contributed by atoms with van der Waals surface area (Å²) in [5.74, 6) is 1.26. The second-order valence-corrected chi connectivity index (χ2v) is 4.30. The molecule has 2 aliphatic carbocycles. The highest BCUT2D eigenvalue weighted by molar-refractivity contribution is 5.69. The average Bonchev–Trinajstić information content (AvgIpc) is 2.66. The first-order chi connectivity index (χ1) is 5.77. The second kappa shape index (κ2) is 3.08. The molecule has 3 atom stereocenters. The zero-order chi connectivity index (χ0) is 8.55. The van der Waals surface area contributed by atoms with E-state index in [0.29, 0.717) is 0 Å². The number of carboxylic acids is 1. The molecule has 2 nitrogen and oxygen atoms in total. The summed E-state index contributed by atoms with van der Waals surface area (Å²) in [5, 5.41) is 8.85. The summed E-state index contributed by atoms with van der Waals surface area (Å²) in [6.07, 6.45) is 6.82. The Morgan fingerprint density at radius 3 is 2.58 bits per heavy atom. The third-order valence-electron chi connectivity index (χ3n) is 3.43. The molecule has 12 heavy (non-hydrogen) atoms. The van der Waals surface area contributed by atoms with Gasteiger partial charge in [0.25, 0.3) is 0 Å². The number of hydrogen-bond donors (Lipinski definition) is 1. The maximum atomic E-state index is 10.7. The van der Waals surface area contributed by atoms with Gasteiger partial charge in [-0.1, -0.05) is 12.8 Å². The van der Waals surface area contributed by atoms with E-state index in [0.717, 1.165) is 31.1 Å². The van der Waals surface area contributed by atoms with Crippen molar-refractivity contribution in [3.05, 3.63) is 0 Å². The third kappa shape index (κ3) is 1.62. The van der Waals surface area contributed by atoms with E-state index in [-0.39, 0.29) is 5.92 Å². The van der Waals surface area contributed by atoms with E-state index in [1.54, 1.807) is 0 Å². The summed E-state index contributed by atoms with van der Waals surface area (Å²) in [5.41, 5.74) is 0. The number of aliphatic carboxylic acids is 1. The van der Waals surface area contributed by atoms with Crippen molar-refractivity contribution in [3.8, 4) is 0 Å². The molecule has 3 unspecified atom stereocenters. The van der Waals surface area contributed by atoms with Crippen LogP contribution in [0.2, 0.25) is 0 Å². The second-order valence-electron chi connectivity index (χ2n) is 4.30. The Bertz CT molecular complexity index is 188. The van der Waals surface area contributed by atoms with Crippen LogP contribution in [-0.4, -0.2) is 11.1 Å². The molecule has 68 valence electrons. The van der Waals surface area contributed by atoms with Crippen molar-refractivity contribution in [2.24, 2.45) is 17.8 Å². The summed E-state index contributed by atoms with van der Waals surface area (Å²) in [6, 6.07) is 0. The Hall–Kier alpha value is -0.530. The van der Waals surface area contributed by atoms with E-state index in [2.05, 4.69) is 0 Å². The Kier molecular flexibility index (Phi) is 2.07. The van der Waals surface area contributed by atoms with Crippen molar-refractivity contribution in [2.75, 3.05) is 0 Å². The van der Waals surface area contributed by atoms with E-state index in [4.69, 9.17) is 5.11 Å². The van der Waals surface area contributed by atoms with E-state index in [1.165, 1.54) is 19.3 Å². The first kappa shape index (κ1) is 8.09. The van der Waals surface area contributed by atoms with Gasteiger partial charge in [0, 0.05) is 0 Å². The zero-order valence-electron chi connectivity index (χ0n) is 7.33. The smallest absolute Gasteiger partial charge is 0.306 e. The Morgan fingerprint density at radius 2 is 1.83 bits per heavy atom. The number of rotatable bonds is 1. The molecule has 0 bridgehead atoms. The van der Waals surface area contributed by atoms with E-state index in [1.807, 2.05) is 0 Å². The van der Waals surface area contributed by atoms with Gasteiger partial charge in [-0.25, -0.2) is 0 Å². The van der Waals surface area contributed by atoms with Gasteiger partial charge in [0.2, 0.25) is 0 Å². The SMILES string of the molecule is O=C(O)C1CCCC2CC2CC1. The summed E-state index contributed by atoms with van der Waals surface area (Å²) < 4.78 is 0. The maximum Gasteiger partial charge on any atom is 0.306 e. The van der Waals surface area contributed by atoms with Crippen molar-refractivity contribution in [3.63, 3.8) is 0 Å². The third-order valence-corrected chi connectivity index (χ3v) is 3.43. The van der Waals surface area contributed by atoms with Gasteiger partial charge < -0.3 is 5.11 Å². The van der Waals surface area contributed by atoms with E-state index >= 15 is 0 Å². The predicted octanol–water partition coefficient (Wildman–Crippen LogP) is 2.29. The van der Waals surface area contributed by atoms with Crippen LogP contribution in [0.4, 0.5) is 0 Å². The van der Waals surface area contributed by atoms with Crippen molar-refractivity contribution >= 4 is 5.97 Å². The molecule has 1 N–H and O–H groups in total. The van der Waals surface area contributed by atoms with Crippen LogP contribution in [0.25, 0.3) is 0 Å². The molecule has 0 aromatic rings. The number of fused-ring (bicyclic) bond motifs is 1. The monoisotopic (exact) mass is 168 g/mol. The first-order valence-electron chi connectivity index (χ1n) is 5.00. The fraction of sp³-hybridized carbons (Fsp3) is 0.900. The molecule has 2 fully saturated rings. The average molecular weight is 168 g/mol. The molecule has 0 aromatic carbocycles. The fourth-order valence-electron chi connectivity index (χ4n) is 2.45. The summed E-state index contributed by atoms with van der Waals surface area (Å²) in [7, 11) is 0. The van der Waals surface area contributed by atoms with Crippen LogP contribution in [0.3, 0.4) is 0 Å². The molecule has 2 heteroatoms. The summed E-state index contributed by atoms with van der Waals surface area (Å²) in [6.45, 7) is 0. The van der Waals surface area contributed by atoms with Gasteiger partial charge in [-0.15, -0.1) is 0 Å². The lowest BCUT2D eigenvalue weighted by Crippen LogP contribution is -2.15. The normalized spacial score (nSPS) is 40.8. The van der Waals surface area contributed by atoms with Crippen LogP contribution in [0.1, 0.15) is 38.5 Å². The summed E-state index contributed by atoms with van der Waals surface area (Å²) >= 11 is 0. The molecule has 0 spiro atoms. The van der Waals surface area contributed by atoms with Gasteiger partial charge in [0.15, 0.2) is 0 Å². The highest BCUT2D eigenvalue weighted by Gasteiger charge is 2.38. The predicted molar refractivity (Wildman–Crippen MR) is 45.8 cm³/mol. The minimum Gasteiger partial charge on any atom is -0.481 e. The van der Waals surface area contributed by atoms with Gasteiger partial charge in [0.1, 0.15) is 0 Å². The molecule has 0 saturated heterocycles. The molecule has 2 aliphatic rings. The summed E-state index contributed by atoms with van der Waals surface area (Å²) in [4.78, 5) is 10.7. The Balaban J connectivity index is 1.87. The number of hydrogen-bond acceptors (Lipinski definition) is 1.